The molecule has 0 saturated carbocycles. The van der Waals surface area contributed by atoms with E-state index in [9.17, 15) is 23.3 Å². The van der Waals surface area contributed by atoms with E-state index in [-0.39, 0.29) is 41.5 Å². The fourth-order valence-electron chi connectivity index (χ4n) is 3.87. The molecule has 3 rings (SSSR count). The van der Waals surface area contributed by atoms with Crippen molar-refractivity contribution in [1.29, 1.82) is 0 Å². The Balaban J connectivity index is 0.00000280. The summed E-state index contributed by atoms with van der Waals surface area (Å²) in [6.45, 7) is -0.305. The average Bonchev–Trinajstić information content (AvgIpc) is 2.98. The van der Waals surface area contributed by atoms with Crippen LogP contribution in [0.25, 0.3) is 0 Å². The van der Waals surface area contributed by atoms with Gasteiger partial charge < -0.3 is 10.2 Å². The summed E-state index contributed by atoms with van der Waals surface area (Å²) in [7, 11) is -0.969. The molecule has 0 radical (unpaired) electrons. The Bertz CT molecular complexity index is 838. The summed E-state index contributed by atoms with van der Waals surface area (Å²) in [5.74, 6) is -0.280. The van der Waals surface area contributed by atoms with Gasteiger partial charge in [0, 0.05) is 44.4 Å². The second kappa shape index (κ2) is 8.73. The van der Waals surface area contributed by atoms with Gasteiger partial charge >= 0.3 is 0 Å². The standard InChI is InChI=1S/C17H24N4O5S.ClH/c1-19(27(25,26)16-5-3-4-14(10-16)21(23)24)11-17(22)20(2)15-8-12-6-7-13(9-15)18-12;/h3-5,10,12-13,15,18H,6-9,11H2,1-2H3;1H. The van der Waals surface area contributed by atoms with Crippen LogP contribution in [0.1, 0.15) is 25.7 Å². The van der Waals surface area contributed by atoms with E-state index in [2.05, 4.69) is 5.32 Å². The predicted octanol–water partition coefficient (Wildman–Crippen LogP) is 1.38. The van der Waals surface area contributed by atoms with Crippen LogP contribution >= 0.6 is 12.4 Å². The number of non-ortho nitro benzene ring substituents is 1. The number of rotatable bonds is 6. The van der Waals surface area contributed by atoms with Gasteiger partial charge in [0.1, 0.15) is 0 Å². The lowest BCUT2D eigenvalue weighted by Gasteiger charge is -2.36. The monoisotopic (exact) mass is 432 g/mol. The van der Waals surface area contributed by atoms with Gasteiger partial charge in [0.05, 0.1) is 16.4 Å². The van der Waals surface area contributed by atoms with E-state index >= 15 is 0 Å². The van der Waals surface area contributed by atoms with Crippen LogP contribution in [0.2, 0.25) is 0 Å². The highest BCUT2D eigenvalue weighted by molar-refractivity contribution is 7.89. The lowest BCUT2D eigenvalue weighted by molar-refractivity contribution is -0.385. The van der Waals surface area contributed by atoms with Crippen LogP contribution in [0.4, 0.5) is 5.69 Å². The number of benzene rings is 1. The molecule has 9 nitrogen and oxygen atoms in total. The van der Waals surface area contributed by atoms with E-state index in [0.29, 0.717) is 12.1 Å². The quantitative estimate of drug-likeness (QED) is 0.536. The van der Waals surface area contributed by atoms with Crippen molar-refractivity contribution in [3.8, 4) is 0 Å². The maximum absolute atomic E-state index is 12.7. The molecule has 2 unspecified atom stereocenters. The number of sulfonamides is 1. The van der Waals surface area contributed by atoms with Crippen molar-refractivity contribution >= 4 is 34.0 Å². The molecule has 2 bridgehead atoms. The summed E-state index contributed by atoms with van der Waals surface area (Å²) in [6, 6.07) is 5.79. The molecular formula is C17H25ClN4O5S. The van der Waals surface area contributed by atoms with E-state index in [0.717, 1.165) is 36.1 Å². The molecule has 0 aromatic heterocycles. The van der Waals surface area contributed by atoms with Gasteiger partial charge in [0.15, 0.2) is 0 Å². The number of likely N-dealkylation sites (N-methyl/N-ethyl adjacent to an activating group) is 2. The SMILES string of the molecule is CN(C(=O)CN(C)S(=O)(=O)c1cccc([N+](=O)[O-])c1)C1CC2CCC(C1)N2.Cl. The zero-order valence-electron chi connectivity index (χ0n) is 15.8. The molecule has 2 aliphatic rings. The molecule has 1 aromatic carbocycles. The Morgan fingerprint density at radius 1 is 1.25 bits per heavy atom. The van der Waals surface area contributed by atoms with Crippen molar-refractivity contribution in [3.05, 3.63) is 34.4 Å². The maximum Gasteiger partial charge on any atom is 0.270 e. The summed E-state index contributed by atoms with van der Waals surface area (Å²) < 4.78 is 26.3. The second-order valence-electron chi connectivity index (χ2n) is 7.28. The zero-order chi connectivity index (χ0) is 19.8. The zero-order valence-corrected chi connectivity index (χ0v) is 17.4. The van der Waals surface area contributed by atoms with Crippen molar-refractivity contribution in [2.45, 2.75) is 48.7 Å². The smallest absolute Gasteiger partial charge is 0.270 e. The molecule has 0 aliphatic carbocycles. The first-order chi connectivity index (χ1) is 12.7. The molecular weight excluding hydrogens is 408 g/mol. The van der Waals surface area contributed by atoms with Crippen LogP contribution in [-0.4, -0.2) is 67.2 Å². The summed E-state index contributed by atoms with van der Waals surface area (Å²) in [5, 5.41) is 14.4. The van der Waals surface area contributed by atoms with Crippen LogP contribution < -0.4 is 5.32 Å². The molecule has 2 atom stereocenters. The average molecular weight is 433 g/mol. The summed E-state index contributed by atoms with van der Waals surface area (Å²) in [6.07, 6.45) is 3.98. The number of nitrogens with zero attached hydrogens (tertiary/aromatic N) is 3. The van der Waals surface area contributed by atoms with Gasteiger partial charge in [0.2, 0.25) is 15.9 Å². The van der Waals surface area contributed by atoms with Crippen LogP contribution in [-0.2, 0) is 14.8 Å². The predicted molar refractivity (Wildman–Crippen MR) is 106 cm³/mol. The number of amides is 1. The Hall–Kier alpha value is -1.75. The number of fused-ring (bicyclic) bond motifs is 2. The van der Waals surface area contributed by atoms with E-state index in [1.807, 2.05) is 0 Å². The minimum Gasteiger partial charge on any atom is -0.342 e. The summed E-state index contributed by atoms with van der Waals surface area (Å²) in [4.78, 5) is 24.3. The number of carbonyl (C=O) groups is 1. The lowest BCUT2D eigenvalue weighted by Crippen LogP contribution is -2.50. The summed E-state index contributed by atoms with van der Waals surface area (Å²) >= 11 is 0. The summed E-state index contributed by atoms with van der Waals surface area (Å²) in [5.41, 5.74) is -0.307. The number of nitro groups is 1. The molecule has 2 fully saturated rings. The topological polar surface area (TPSA) is 113 Å². The van der Waals surface area contributed by atoms with Crippen molar-refractivity contribution in [2.24, 2.45) is 0 Å². The number of hydrogen-bond donors (Lipinski definition) is 1. The number of nitro benzene ring substituents is 1. The van der Waals surface area contributed by atoms with Crippen LogP contribution in [0, 0.1) is 10.1 Å². The van der Waals surface area contributed by atoms with Gasteiger partial charge in [-0.05, 0) is 31.7 Å². The van der Waals surface area contributed by atoms with Crippen molar-refractivity contribution in [1.82, 2.24) is 14.5 Å². The third-order valence-electron chi connectivity index (χ3n) is 5.48. The molecule has 0 spiro atoms. The molecule has 2 aliphatic heterocycles. The first-order valence-electron chi connectivity index (χ1n) is 8.91. The third-order valence-corrected chi connectivity index (χ3v) is 7.28. The highest BCUT2D eigenvalue weighted by Crippen LogP contribution is 2.29. The van der Waals surface area contributed by atoms with Gasteiger partial charge in [-0.3, -0.25) is 14.9 Å². The number of carbonyl (C=O) groups excluding carboxylic acids is 1. The normalized spacial score (nSPS) is 23.9. The largest absolute Gasteiger partial charge is 0.342 e. The fraction of sp³-hybridized carbons (Fsp3) is 0.588. The molecule has 1 amide bonds. The second-order valence-corrected chi connectivity index (χ2v) is 9.33. The van der Waals surface area contributed by atoms with Gasteiger partial charge in [-0.1, -0.05) is 6.07 Å². The number of piperidine rings is 1. The van der Waals surface area contributed by atoms with Crippen molar-refractivity contribution in [3.63, 3.8) is 0 Å². The Morgan fingerprint density at radius 3 is 2.43 bits per heavy atom. The van der Waals surface area contributed by atoms with Crippen LogP contribution in [0.3, 0.4) is 0 Å². The highest BCUT2D eigenvalue weighted by Gasteiger charge is 2.37. The van der Waals surface area contributed by atoms with E-state index in [1.165, 1.54) is 25.2 Å². The van der Waals surface area contributed by atoms with Crippen LogP contribution in [0.15, 0.2) is 29.2 Å². The minimum absolute atomic E-state index is 0. The van der Waals surface area contributed by atoms with Gasteiger partial charge in [0.25, 0.3) is 5.69 Å². The van der Waals surface area contributed by atoms with E-state index in [4.69, 9.17) is 0 Å². The third kappa shape index (κ3) is 4.62. The first kappa shape index (κ1) is 22.5. The van der Waals surface area contributed by atoms with Gasteiger partial charge in [-0.25, -0.2) is 8.42 Å². The number of hydrogen-bond acceptors (Lipinski definition) is 6. The van der Waals surface area contributed by atoms with Crippen LogP contribution in [0.5, 0.6) is 0 Å². The molecule has 156 valence electrons. The Morgan fingerprint density at radius 2 is 1.86 bits per heavy atom. The molecule has 28 heavy (non-hydrogen) atoms. The molecule has 2 saturated heterocycles. The van der Waals surface area contributed by atoms with Crippen molar-refractivity contribution < 1.29 is 18.1 Å². The molecule has 2 heterocycles. The van der Waals surface area contributed by atoms with Crippen molar-refractivity contribution in [2.75, 3.05) is 20.6 Å². The lowest BCUT2D eigenvalue weighted by atomic mass is 9.98. The molecule has 1 aromatic rings. The highest BCUT2D eigenvalue weighted by atomic mass is 35.5. The maximum atomic E-state index is 12.7. The first-order valence-corrected chi connectivity index (χ1v) is 10.3. The molecule has 11 heteroatoms. The van der Waals surface area contributed by atoms with Gasteiger partial charge in [-0.2, -0.15) is 4.31 Å². The fourth-order valence-corrected chi connectivity index (χ4v) is 5.03. The Labute approximate surface area is 170 Å². The number of nitrogens with one attached hydrogen (secondary N) is 1. The van der Waals surface area contributed by atoms with E-state index < -0.39 is 14.9 Å². The van der Waals surface area contributed by atoms with E-state index in [1.54, 1.807) is 11.9 Å². The van der Waals surface area contributed by atoms with Gasteiger partial charge in [-0.15, -0.1) is 12.4 Å². The minimum atomic E-state index is -3.99. The molecule has 1 N–H and O–H groups in total. The number of halogens is 1. The Kier molecular flexibility index (Phi) is 7.02.